The van der Waals surface area contributed by atoms with Crippen LogP contribution in [0.1, 0.15) is 17.2 Å². The molecule has 1 heterocycles. The SMILES string of the molecule is COc1cc2ccc3c(c2cc1OC)C=C([N+](=O)[O-])C(c1cc(F)c(F)cc1F)O3. The van der Waals surface area contributed by atoms with Crippen LogP contribution in [0.4, 0.5) is 13.2 Å². The highest BCUT2D eigenvalue weighted by Crippen LogP contribution is 2.44. The van der Waals surface area contributed by atoms with Crippen molar-refractivity contribution in [2.75, 3.05) is 14.2 Å². The van der Waals surface area contributed by atoms with Gasteiger partial charge in [0.15, 0.2) is 23.1 Å². The first kappa shape index (κ1) is 19.6. The summed E-state index contributed by atoms with van der Waals surface area (Å²) in [7, 11) is 2.94. The first-order valence-corrected chi connectivity index (χ1v) is 8.70. The molecule has 1 unspecified atom stereocenters. The lowest BCUT2D eigenvalue weighted by Crippen LogP contribution is -2.21. The monoisotopic (exact) mass is 417 g/mol. The van der Waals surface area contributed by atoms with E-state index in [-0.39, 0.29) is 5.75 Å². The maximum atomic E-state index is 14.3. The van der Waals surface area contributed by atoms with E-state index in [2.05, 4.69) is 0 Å². The van der Waals surface area contributed by atoms with Crippen LogP contribution < -0.4 is 14.2 Å². The molecule has 9 heteroatoms. The quantitative estimate of drug-likeness (QED) is 0.339. The lowest BCUT2D eigenvalue weighted by molar-refractivity contribution is -0.434. The number of methoxy groups -OCH3 is 2. The minimum Gasteiger partial charge on any atom is -0.493 e. The van der Waals surface area contributed by atoms with Crippen LogP contribution in [0.5, 0.6) is 17.2 Å². The molecule has 0 amide bonds. The molecule has 4 rings (SSSR count). The molecule has 1 aliphatic heterocycles. The second-order valence-electron chi connectivity index (χ2n) is 6.52. The third kappa shape index (κ3) is 3.08. The molecule has 0 saturated heterocycles. The van der Waals surface area contributed by atoms with E-state index < -0.39 is 39.7 Å². The lowest BCUT2D eigenvalue weighted by atomic mass is 9.96. The van der Waals surface area contributed by atoms with Crippen LogP contribution in [0.25, 0.3) is 16.8 Å². The van der Waals surface area contributed by atoms with Crippen molar-refractivity contribution < 1.29 is 32.3 Å². The van der Waals surface area contributed by atoms with Crippen molar-refractivity contribution in [3.63, 3.8) is 0 Å². The van der Waals surface area contributed by atoms with Crippen LogP contribution >= 0.6 is 0 Å². The van der Waals surface area contributed by atoms with E-state index in [1.54, 1.807) is 24.3 Å². The van der Waals surface area contributed by atoms with E-state index in [0.717, 1.165) is 0 Å². The zero-order valence-corrected chi connectivity index (χ0v) is 15.7. The molecule has 3 aromatic rings. The van der Waals surface area contributed by atoms with Gasteiger partial charge in [0.2, 0.25) is 6.10 Å². The zero-order chi connectivity index (χ0) is 21.6. The molecule has 6 nitrogen and oxygen atoms in total. The Hall–Kier alpha value is -3.75. The van der Waals surface area contributed by atoms with Crippen molar-refractivity contribution in [3.8, 4) is 17.2 Å². The number of ether oxygens (including phenoxy) is 3. The van der Waals surface area contributed by atoms with E-state index in [4.69, 9.17) is 14.2 Å². The molecule has 0 saturated carbocycles. The van der Waals surface area contributed by atoms with Gasteiger partial charge in [-0.2, -0.15) is 0 Å². The number of hydrogen-bond donors (Lipinski definition) is 0. The van der Waals surface area contributed by atoms with Gasteiger partial charge in [-0.25, -0.2) is 13.2 Å². The van der Waals surface area contributed by atoms with Crippen molar-refractivity contribution in [3.05, 3.63) is 80.8 Å². The summed E-state index contributed by atoms with van der Waals surface area (Å²) in [5.41, 5.74) is -0.621. The Morgan fingerprint density at radius 2 is 1.63 bits per heavy atom. The van der Waals surface area contributed by atoms with Crippen molar-refractivity contribution in [1.82, 2.24) is 0 Å². The first-order chi connectivity index (χ1) is 14.3. The summed E-state index contributed by atoms with van der Waals surface area (Å²) in [4.78, 5) is 11.0. The van der Waals surface area contributed by atoms with Gasteiger partial charge in [0.1, 0.15) is 11.6 Å². The number of nitrogens with zero attached hydrogens (tertiary/aromatic N) is 1. The Labute approximate surface area is 168 Å². The molecule has 3 aromatic carbocycles. The van der Waals surface area contributed by atoms with Crippen molar-refractivity contribution in [2.24, 2.45) is 0 Å². The summed E-state index contributed by atoms with van der Waals surface area (Å²) >= 11 is 0. The van der Waals surface area contributed by atoms with Gasteiger partial charge in [0.05, 0.1) is 19.1 Å². The molecule has 0 aliphatic carbocycles. The third-order valence-electron chi connectivity index (χ3n) is 4.86. The van der Waals surface area contributed by atoms with Gasteiger partial charge in [0, 0.05) is 23.3 Å². The predicted octanol–water partition coefficient (Wildman–Crippen LogP) is 5.03. The third-order valence-corrected chi connectivity index (χ3v) is 4.86. The van der Waals surface area contributed by atoms with Crippen LogP contribution in [0.2, 0.25) is 0 Å². The normalized spacial score (nSPS) is 15.2. The Bertz CT molecular complexity index is 1230. The molecule has 0 bridgehead atoms. The van der Waals surface area contributed by atoms with Gasteiger partial charge >= 0.3 is 0 Å². The molecule has 0 radical (unpaired) electrons. The summed E-state index contributed by atoms with van der Waals surface area (Å²) < 4.78 is 57.5. The number of halogens is 3. The molecule has 1 atom stereocenters. The number of nitro groups is 1. The Morgan fingerprint density at radius 3 is 2.30 bits per heavy atom. The number of rotatable bonds is 4. The van der Waals surface area contributed by atoms with Gasteiger partial charge in [-0.3, -0.25) is 10.1 Å². The average molecular weight is 417 g/mol. The Morgan fingerprint density at radius 1 is 0.967 bits per heavy atom. The van der Waals surface area contributed by atoms with E-state index in [0.29, 0.717) is 40.0 Å². The van der Waals surface area contributed by atoms with Crippen LogP contribution in [-0.2, 0) is 0 Å². The van der Waals surface area contributed by atoms with E-state index >= 15 is 0 Å². The second kappa shape index (κ2) is 7.25. The molecule has 0 fully saturated rings. The van der Waals surface area contributed by atoms with E-state index in [1.807, 2.05) is 0 Å². The number of hydrogen-bond acceptors (Lipinski definition) is 5. The van der Waals surface area contributed by atoms with Gasteiger partial charge in [-0.1, -0.05) is 6.07 Å². The van der Waals surface area contributed by atoms with Crippen LogP contribution in [-0.4, -0.2) is 19.1 Å². The standard InChI is InChI=1S/C21H14F3NO5/c1-28-19-5-10-3-4-18-12(11(10)8-20(19)29-2)7-17(25(26)27)21(30-18)13-6-15(23)16(24)9-14(13)22/h3-9,21H,1-2H3. The molecule has 0 N–H and O–H groups in total. The van der Waals surface area contributed by atoms with Gasteiger partial charge in [-0.05, 0) is 35.0 Å². The minimum atomic E-state index is -1.56. The van der Waals surface area contributed by atoms with E-state index in [1.165, 1.54) is 20.3 Å². The zero-order valence-electron chi connectivity index (χ0n) is 15.7. The summed E-state index contributed by atoms with van der Waals surface area (Å²) in [5, 5.41) is 13.0. The van der Waals surface area contributed by atoms with Crippen molar-refractivity contribution in [1.29, 1.82) is 0 Å². The second-order valence-corrected chi connectivity index (χ2v) is 6.52. The summed E-state index contributed by atoms with van der Waals surface area (Å²) in [6.07, 6.45) is -0.321. The summed E-state index contributed by atoms with van der Waals surface area (Å²) in [6, 6.07) is 7.49. The fraction of sp³-hybridized carbons (Fsp3) is 0.143. The first-order valence-electron chi connectivity index (χ1n) is 8.70. The fourth-order valence-electron chi connectivity index (χ4n) is 3.43. The van der Waals surface area contributed by atoms with Gasteiger partial charge in [0.25, 0.3) is 5.70 Å². The topological polar surface area (TPSA) is 70.8 Å². The maximum absolute atomic E-state index is 14.3. The maximum Gasteiger partial charge on any atom is 0.291 e. The average Bonchev–Trinajstić information content (AvgIpc) is 2.74. The molecule has 1 aliphatic rings. The van der Waals surface area contributed by atoms with Gasteiger partial charge in [-0.15, -0.1) is 0 Å². The lowest BCUT2D eigenvalue weighted by Gasteiger charge is -2.24. The smallest absolute Gasteiger partial charge is 0.291 e. The summed E-state index contributed by atoms with van der Waals surface area (Å²) in [6.45, 7) is 0. The predicted molar refractivity (Wildman–Crippen MR) is 102 cm³/mol. The molecule has 0 spiro atoms. The number of benzene rings is 3. The largest absolute Gasteiger partial charge is 0.493 e. The molecular weight excluding hydrogens is 403 g/mol. The van der Waals surface area contributed by atoms with Crippen LogP contribution in [0.3, 0.4) is 0 Å². The summed E-state index contributed by atoms with van der Waals surface area (Å²) in [5.74, 6) is -2.79. The highest BCUT2D eigenvalue weighted by Gasteiger charge is 2.36. The van der Waals surface area contributed by atoms with Crippen molar-refractivity contribution >= 4 is 16.8 Å². The van der Waals surface area contributed by atoms with Crippen LogP contribution in [0.15, 0.2) is 42.1 Å². The number of fused-ring (bicyclic) bond motifs is 3. The highest BCUT2D eigenvalue weighted by molar-refractivity contribution is 5.96. The Kier molecular flexibility index (Phi) is 4.73. The van der Waals surface area contributed by atoms with Gasteiger partial charge < -0.3 is 14.2 Å². The van der Waals surface area contributed by atoms with Crippen molar-refractivity contribution in [2.45, 2.75) is 6.10 Å². The molecular formula is C21H14F3NO5. The van der Waals surface area contributed by atoms with Crippen LogP contribution in [0, 0.1) is 27.6 Å². The molecule has 30 heavy (non-hydrogen) atoms. The van der Waals surface area contributed by atoms with E-state index in [9.17, 15) is 23.3 Å². The molecule has 154 valence electrons. The highest BCUT2D eigenvalue weighted by atomic mass is 19.2. The fourth-order valence-corrected chi connectivity index (χ4v) is 3.43. The minimum absolute atomic E-state index is 0.217. The Balaban J connectivity index is 1.93. The molecule has 0 aromatic heterocycles.